The lowest BCUT2D eigenvalue weighted by Crippen LogP contribution is -2.51. The first-order chi connectivity index (χ1) is 12.1. The van der Waals surface area contributed by atoms with Crippen LogP contribution in [-0.2, 0) is 17.8 Å². The average molecular weight is 340 g/mol. The van der Waals surface area contributed by atoms with Gasteiger partial charge in [0.25, 0.3) is 0 Å². The third-order valence-corrected chi connectivity index (χ3v) is 4.62. The molecule has 1 saturated carbocycles. The minimum atomic E-state index is -0.508. The van der Waals surface area contributed by atoms with Gasteiger partial charge in [0, 0.05) is 18.0 Å². The predicted molar refractivity (Wildman–Crippen MR) is 95.1 cm³/mol. The molecule has 1 heterocycles. The van der Waals surface area contributed by atoms with Crippen LogP contribution in [0.4, 0.5) is 0 Å². The van der Waals surface area contributed by atoms with Crippen molar-refractivity contribution in [1.29, 1.82) is 0 Å². The van der Waals surface area contributed by atoms with E-state index in [1.165, 1.54) is 0 Å². The molecule has 132 valence electrons. The fraction of sp³-hybridized carbons (Fsp3) is 0.400. The molecular weight excluding hydrogens is 316 g/mol. The highest BCUT2D eigenvalue weighted by Crippen LogP contribution is 2.39. The number of aromatic nitrogens is 1. The minimum Gasteiger partial charge on any atom is -0.489 e. The zero-order chi connectivity index (χ0) is 17.7. The van der Waals surface area contributed by atoms with E-state index in [9.17, 15) is 9.90 Å². The molecule has 1 aliphatic rings. The number of hydrogen-bond donors (Lipinski definition) is 2. The fourth-order valence-corrected chi connectivity index (χ4v) is 2.93. The van der Waals surface area contributed by atoms with Gasteiger partial charge in [-0.15, -0.1) is 0 Å². The summed E-state index contributed by atoms with van der Waals surface area (Å²) < 4.78 is 5.77. The molecule has 5 heteroatoms. The Morgan fingerprint density at radius 3 is 2.80 bits per heavy atom. The van der Waals surface area contributed by atoms with Gasteiger partial charge in [0.1, 0.15) is 12.4 Å². The Labute approximate surface area is 148 Å². The van der Waals surface area contributed by atoms with Crippen molar-refractivity contribution in [1.82, 2.24) is 10.3 Å². The number of carbonyl (C=O) groups is 1. The van der Waals surface area contributed by atoms with Gasteiger partial charge in [-0.3, -0.25) is 9.78 Å². The number of aliphatic hydroxyl groups excluding tert-OH is 1. The zero-order valence-corrected chi connectivity index (χ0v) is 14.4. The Morgan fingerprint density at radius 2 is 2.12 bits per heavy atom. The Bertz CT molecular complexity index is 716. The third-order valence-electron chi connectivity index (χ3n) is 4.62. The van der Waals surface area contributed by atoms with Crippen molar-refractivity contribution in [3.8, 4) is 5.75 Å². The Kier molecular flexibility index (Phi) is 5.34. The molecule has 0 aliphatic heterocycles. The van der Waals surface area contributed by atoms with E-state index in [1.807, 2.05) is 43.3 Å². The second-order valence-corrected chi connectivity index (χ2v) is 6.87. The van der Waals surface area contributed by atoms with E-state index in [1.54, 1.807) is 12.4 Å². The normalized spacial score (nSPS) is 16.1. The summed E-state index contributed by atoms with van der Waals surface area (Å²) in [5.74, 6) is 1.03. The quantitative estimate of drug-likeness (QED) is 0.774. The van der Waals surface area contributed by atoms with Crippen LogP contribution in [0.3, 0.4) is 0 Å². The van der Waals surface area contributed by atoms with Gasteiger partial charge in [0.05, 0.1) is 18.6 Å². The number of nitrogens with one attached hydrogen (secondary N) is 1. The fourth-order valence-electron chi connectivity index (χ4n) is 2.93. The molecule has 0 radical (unpaired) electrons. The first kappa shape index (κ1) is 17.4. The monoisotopic (exact) mass is 340 g/mol. The number of carbonyl (C=O) groups excluding carboxylic acids is 1. The van der Waals surface area contributed by atoms with Crippen LogP contribution in [0.15, 0.2) is 48.8 Å². The zero-order valence-electron chi connectivity index (χ0n) is 14.4. The van der Waals surface area contributed by atoms with Gasteiger partial charge in [-0.2, -0.15) is 0 Å². The van der Waals surface area contributed by atoms with Gasteiger partial charge in [-0.1, -0.05) is 18.2 Å². The van der Waals surface area contributed by atoms with Gasteiger partial charge in [-0.25, -0.2) is 0 Å². The van der Waals surface area contributed by atoms with E-state index < -0.39 is 5.54 Å². The SMILES string of the molecule is CC(CO)(NC(=O)Cc1cccc(OCc2cccnc2)c1)C1CC1. The topological polar surface area (TPSA) is 71.5 Å². The van der Waals surface area contributed by atoms with Crippen molar-refractivity contribution < 1.29 is 14.6 Å². The predicted octanol–water partition coefficient (Wildman–Crippen LogP) is 2.48. The van der Waals surface area contributed by atoms with Crippen LogP contribution in [0.1, 0.15) is 30.9 Å². The number of aliphatic hydroxyl groups is 1. The molecular formula is C20H24N2O3. The molecule has 3 rings (SSSR count). The number of pyridine rings is 1. The van der Waals surface area contributed by atoms with E-state index in [0.717, 1.165) is 29.7 Å². The molecule has 0 bridgehead atoms. The molecule has 1 amide bonds. The summed E-state index contributed by atoms with van der Waals surface area (Å²) in [7, 11) is 0. The maximum Gasteiger partial charge on any atom is 0.224 e. The first-order valence-electron chi connectivity index (χ1n) is 8.61. The highest BCUT2D eigenvalue weighted by Gasteiger charge is 2.42. The third kappa shape index (κ3) is 4.79. The Balaban J connectivity index is 1.56. The van der Waals surface area contributed by atoms with Crippen molar-refractivity contribution in [3.63, 3.8) is 0 Å². The molecule has 1 fully saturated rings. The Morgan fingerprint density at radius 1 is 1.32 bits per heavy atom. The molecule has 1 unspecified atom stereocenters. The molecule has 1 atom stereocenters. The van der Waals surface area contributed by atoms with Gasteiger partial charge < -0.3 is 15.2 Å². The van der Waals surface area contributed by atoms with Gasteiger partial charge in [0.2, 0.25) is 5.91 Å². The standard InChI is InChI=1S/C20H24N2O3/c1-20(14-23,17-7-8-17)22-19(24)11-15-4-2-6-18(10-15)25-13-16-5-3-9-21-12-16/h2-6,9-10,12,17,23H,7-8,11,13-14H2,1H3,(H,22,24). The van der Waals surface area contributed by atoms with Crippen molar-refractivity contribution in [2.75, 3.05) is 6.61 Å². The molecule has 0 saturated heterocycles. The number of amides is 1. The molecule has 2 aromatic rings. The number of rotatable bonds is 8. The minimum absolute atomic E-state index is 0.0301. The average Bonchev–Trinajstić information content (AvgIpc) is 3.46. The summed E-state index contributed by atoms with van der Waals surface area (Å²) in [6.07, 6.45) is 5.89. The molecule has 1 aliphatic carbocycles. The molecule has 1 aromatic heterocycles. The lowest BCUT2D eigenvalue weighted by Gasteiger charge is -2.28. The molecule has 0 spiro atoms. The van der Waals surface area contributed by atoms with E-state index in [-0.39, 0.29) is 18.9 Å². The van der Waals surface area contributed by atoms with Crippen molar-refractivity contribution in [3.05, 3.63) is 59.9 Å². The summed E-state index contributed by atoms with van der Waals surface area (Å²) >= 11 is 0. The van der Waals surface area contributed by atoms with E-state index in [0.29, 0.717) is 12.5 Å². The number of benzene rings is 1. The largest absolute Gasteiger partial charge is 0.489 e. The number of nitrogens with zero attached hydrogens (tertiary/aromatic N) is 1. The smallest absolute Gasteiger partial charge is 0.224 e. The van der Waals surface area contributed by atoms with E-state index in [4.69, 9.17) is 4.74 Å². The lowest BCUT2D eigenvalue weighted by atomic mass is 9.96. The van der Waals surface area contributed by atoms with Crippen molar-refractivity contribution >= 4 is 5.91 Å². The van der Waals surface area contributed by atoms with Crippen LogP contribution in [0.25, 0.3) is 0 Å². The van der Waals surface area contributed by atoms with Crippen LogP contribution < -0.4 is 10.1 Å². The summed E-state index contributed by atoms with van der Waals surface area (Å²) in [5, 5.41) is 12.6. The summed E-state index contributed by atoms with van der Waals surface area (Å²) in [6, 6.07) is 11.4. The van der Waals surface area contributed by atoms with Gasteiger partial charge in [0.15, 0.2) is 0 Å². The highest BCUT2D eigenvalue weighted by molar-refractivity contribution is 5.79. The second-order valence-electron chi connectivity index (χ2n) is 6.87. The van der Waals surface area contributed by atoms with Gasteiger partial charge >= 0.3 is 0 Å². The van der Waals surface area contributed by atoms with E-state index >= 15 is 0 Å². The molecule has 1 aromatic carbocycles. The van der Waals surface area contributed by atoms with Crippen molar-refractivity contribution in [2.45, 2.75) is 38.3 Å². The summed E-state index contributed by atoms with van der Waals surface area (Å²) in [6.45, 7) is 2.32. The summed E-state index contributed by atoms with van der Waals surface area (Å²) in [4.78, 5) is 16.4. The molecule has 5 nitrogen and oxygen atoms in total. The van der Waals surface area contributed by atoms with Crippen LogP contribution in [-0.4, -0.2) is 28.1 Å². The van der Waals surface area contributed by atoms with Crippen LogP contribution in [0, 0.1) is 5.92 Å². The number of ether oxygens (including phenoxy) is 1. The molecule has 2 N–H and O–H groups in total. The van der Waals surface area contributed by atoms with Crippen LogP contribution >= 0.6 is 0 Å². The van der Waals surface area contributed by atoms with Crippen LogP contribution in [0.5, 0.6) is 5.75 Å². The second kappa shape index (κ2) is 7.66. The first-order valence-corrected chi connectivity index (χ1v) is 8.61. The van der Waals surface area contributed by atoms with Crippen LogP contribution in [0.2, 0.25) is 0 Å². The lowest BCUT2D eigenvalue weighted by molar-refractivity contribution is -0.123. The molecule has 25 heavy (non-hydrogen) atoms. The number of hydrogen-bond acceptors (Lipinski definition) is 4. The summed E-state index contributed by atoms with van der Waals surface area (Å²) in [5.41, 5.74) is 1.37. The van der Waals surface area contributed by atoms with E-state index in [2.05, 4.69) is 10.3 Å². The van der Waals surface area contributed by atoms with Gasteiger partial charge in [-0.05, 0) is 49.4 Å². The maximum absolute atomic E-state index is 12.3. The Hall–Kier alpha value is -2.40. The maximum atomic E-state index is 12.3. The van der Waals surface area contributed by atoms with Crippen molar-refractivity contribution in [2.24, 2.45) is 5.92 Å². The highest BCUT2D eigenvalue weighted by atomic mass is 16.5.